The zero-order chi connectivity index (χ0) is 17.6. The molecule has 0 aliphatic heterocycles. The molecular weight excluding hydrogens is 324 g/mol. The highest BCUT2D eigenvalue weighted by atomic mass is 28.3. The first-order valence-electron chi connectivity index (χ1n) is 7.13. The van der Waals surface area contributed by atoms with E-state index in [0.717, 1.165) is 19.1 Å². The number of ether oxygens (including phenoxy) is 1. The minimum Gasteiger partial charge on any atom is -0.463 e. The molecule has 0 atom stereocenters. The van der Waals surface area contributed by atoms with E-state index in [1.54, 1.807) is 28.3 Å². The molecule has 1 N–H and O–H groups in total. The Labute approximate surface area is 138 Å². The highest BCUT2D eigenvalue weighted by molar-refractivity contribution is 6.36. The van der Waals surface area contributed by atoms with Gasteiger partial charge in [0.1, 0.15) is 0 Å². The third kappa shape index (κ3) is 27.7. The Bertz CT molecular complexity index is 221. The third-order valence-corrected chi connectivity index (χ3v) is 4.52. The Kier molecular flexibility index (Phi) is 30.4. The van der Waals surface area contributed by atoms with Gasteiger partial charge in [0, 0.05) is 40.6 Å². The van der Waals surface area contributed by atoms with Crippen molar-refractivity contribution < 1.29 is 32.3 Å². The normalized spacial score (nSPS) is 9.77. The van der Waals surface area contributed by atoms with Crippen LogP contribution in [0.4, 0.5) is 0 Å². The van der Waals surface area contributed by atoms with Gasteiger partial charge in [-0.2, -0.15) is 0 Å². The summed E-state index contributed by atoms with van der Waals surface area (Å²) in [6.07, 6.45) is 2.09. The molecular formula is C13H32O7Si2. The second kappa shape index (κ2) is 25.4. The van der Waals surface area contributed by atoms with Crippen LogP contribution in [0, 0.1) is 0 Å². The summed E-state index contributed by atoms with van der Waals surface area (Å²) in [5.41, 5.74) is 0. The molecule has 0 amide bonds. The van der Waals surface area contributed by atoms with Crippen molar-refractivity contribution in [1.29, 1.82) is 0 Å². The van der Waals surface area contributed by atoms with Crippen LogP contribution in [0.1, 0.15) is 20.3 Å². The Hall–Kier alpha value is -0.556. The molecule has 0 aromatic heterocycles. The lowest BCUT2D eigenvalue weighted by molar-refractivity contribution is -0.137. The predicted molar refractivity (Wildman–Crippen MR) is 91.7 cm³/mol. The molecule has 0 fully saturated rings. The van der Waals surface area contributed by atoms with Crippen LogP contribution in [0.25, 0.3) is 0 Å². The highest BCUT2D eigenvalue weighted by Gasteiger charge is 2.04. The predicted octanol–water partition coefficient (Wildman–Crippen LogP) is 0.286. The first-order valence-corrected chi connectivity index (χ1v) is 10.1. The molecule has 0 bridgehead atoms. The zero-order valence-corrected chi connectivity index (χ0v) is 17.1. The van der Waals surface area contributed by atoms with Crippen molar-refractivity contribution in [2.45, 2.75) is 26.3 Å². The summed E-state index contributed by atoms with van der Waals surface area (Å²) < 4.78 is 24.3. The van der Waals surface area contributed by atoms with Gasteiger partial charge in [0.25, 0.3) is 0 Å². The molecule has 0 aliphatic carbocycles. The molecule has 0 spiro atoms. The average molecular weight is 357 g/mol. The summed E-state index contributed by atoms with van der Waals surface area (Å²) in [5, 5.41) is 7.57. The third-order valence-electron chi connectivity index (χ3n) is 1.88. The van der Waals surface area contributed by atoms with Gasteiger partial charge in [-0.05, 0) is 26.3 Å². The first kappa shape index (κ1) is 26.3. The highest BCUT2D eigenvalue weighted by Crippen LogP contribution is 1.91. The second-order valence-corrected chi connectivity index (χ2v) is 7.10. The van der Waals surface area contributed by atoms with Crippen molar-refractivity contribution in [1.82, 2.24) is 0 Å². The number of esters is 1. The average Bonchev–Trinajstić information content (AvgIpc) is 2.53. The van der Waals surface area contributed by atoms with E-state index in [1.807, 2.05) is 6.92 Å². The monoisotopic (exact) mass is 356 g/mol. The van der Waals surface area contributed by atoms with Gasteiger partial charge in [0.05, 0.1) is 6.61 Å². The van der Waals surface area contributed by atoms with E-state index in [-0.39, 0.29) is 22.3 Å². The van der Waals surface area contributed by atoms with Gasteiger partial charge in [-0.25, -0.2) is 4.79 Å². The number of carbonyl (C=O) groups excluding carboxylic acids is 1. The summed E-state index contributed by atoms with van der Waals surface area (Å²) >= 11 is 0. The van der Waals surface area contributed by atoms with E-state index >= 15 is 0 Å². The van der Waals surface area contributed by atoms with Gasteiger partial charge in [0.15, 0.2) is 9.76 Å². The van der Waals surface area contributed by atoms with E-state index < -0.39 is 9.53 Å². The Morgan fingerprint density at radius 2 is 1.73 bits per heavy atom. The van der Waals surface area contributed by atoms with Gasteiger partial charge in [-0.15, -0.1) is 0 Å². The summed E-state index contributed by atoms with van der Waals surface area (Å²) in [6.45, 7) is 8.51. The maximum Gasteiger partial charge on any atom is 0.483 e. The standard InChI is InChI=1S/C8H16O3Si.C3H10O3Si.C2H6O/c1-3-8(9)10-6-5-7-12-11-4-2;1-4-7(5-2)6-3;1-2-3/h3H,1,4-7,12H2,2H3;7H,1-3H3;3H,2H2,1H3. The SMILES string of the molecule is C=CC(=O)OCCC[SiH2]OCC.CCO.CO[SiH](OC)OC. The second-order valence-electron chi connectivity index (χ2n) is 3.59. The Morgan fingerprint density at radius 3 is 2.05 bits per heavy atom. The fourth-order valence-electron chi connectivity index (χ4n) is 0.971. The molecule has 0 saturated carbocycles. The van der Waals surface area contributed by atoms with Crippen LogP contribution >= 0.6 is 0 Å². The first-order chi connectivity index (χ1) is 10.6. The molecule has 7 nitrogen and oxygen atoms in total. The maximum atomic E-state index is 10.5. The van der Waals surface area contributed by atoms with Gasteiger partial charge < -0.3 is 27.5 Å². The van der Waals surface area contributed by atoms with Crippen LogP contribution in [0.5, 0.6) is 0 Å². The zero-order valence-electron chi connectivity index (χ0n) is 14.5. The van der Waals surface area contributed by atoms with Gasteiger partial charge >= 0.3 is 15.5 Å². The largest absolute Gasteiger partial charge is 0.483 e. The Morgan fingerprint density at radius 1 is 1.23 bits per heavy atom. The van der Waals surface area contributed by atoms with E-state index in [2.05, 4.69) is 6.58 Å². The van der Waals surface area contributed by atoms with Gasteiger partial charge in [-0.3, -0.25) is 0 Å². The van der Waals surface area contributed by atoms with Crippen LogP contribution in [-0.2, 0) is 27.2 Å². The minimum atomic E-state index is -1.67. The number of aliphatic hydroxyl groups excluding tert-OH is 1. The number of hydrogen-bond donors (Lipinski definition) is 1. The van der Waals surface area contributed by atoms with Crippen molar-refractivity contribution in [2.75, 3.05) is 41.2 Å². The number of hydrogen-bond acceptors (Lipinski definition) is 7. The number of aliphatic hydroxyl groups is 1. The van der Waals surface area contributed by atoms with Crippen molar-refractivity contribution in [2.24, 2.45) is 0 Å². The van der Waals surface area contributed by atoms with E-state index in [9.17, 15) is 4.79 Å². The van der Waals surface area contributed by atoms with Crippen LogP contribution in [0.15, 0.2) is 12.7 Å². The summed E-state index contributed by atoms with van der Waals surface area (Å²) in [6, 6.07) is 1.07. The van der Waals surface area contributed by atoms with Crippen molar-refractivity contribution >= 4 is 25.3 Å². The number of carbonyl (C=O) groups is 1. The molecule has 0 radical (unpaired) electrons. The summed E-state index contributed by atoms with van der Waals surface area (Å²) in [4.78, 5) is 10.5. The molecule has 134 valence electrons. The van der Waals surface area contributed by atoms with Gasteiger partial charge in [0.2, 0.25) is 0 Å². The van der Waals surface area contributed by atoms with Crippen LogP contribution in [-0.4, -0.2) is 71.5 Å². The lowest BCUT2D eigenvalue weighted by Gasteiger charge is -2.05. The number of rotatable bonds is 10. The van der Waals surface area contributed by atoms with Crippen LogP contribution in [0.3, 0.4) is 0 Å². The molecule has 0 rings (SSSR count). The molecule has 0 aromatic carbocycles. The van der Waals surface area contributed by atoms with Crippen LogP contribution in [0.2, 0.25) is 6.04 Å². The molecule has 0 saturated heterocycles. The van der Waals surface area contributed by atoms with Crippen molar-refractivity contribution in [3.8, 4) is 0 Å². The van der Waals surface area contributed by atoms with Crippen molar-refractivity contribution in [3.63, 3.8) is 0 Å². The lowest BCUT2D eigenvalue weighted by Crippen LogP contribution is -2.21. The lowest BCUT2D eigenvalue weighted by atomic mass is 10.5. The molecule has 0 aliphatic rings. The topological polar surface area (TPSA) is 83.5 Å². The molecule has 0 heterocycles. The van der Waals surface area contributed by atoms with Gasteiger partial charge in [-0.1, -0.05) is 6.58 Å². The smallest absolute Gasteiger partial charge is 0.463 e. The fourth-order valence-corrected chi connectivity index (χ4v) is 2.45. The molecule has 22 heavy (non-hydrogen) atoms. The summed E-state index contributed by atoms with van der Waals surface area (Å²) in [5.74, 6) is -0.340. The molecule has 0 aromatic rings. The van der Waals surface area contributed by atoms with Crippen LogP contribution < -0.4 is 0 Å². The van der Waals surface area contributed by atoms with Crippen molar-refractivity contribution in [3.05, 3.63) is 12.7 Å². The Balaban J connectivity index is -0.000000305. The fraction of sp³-hybridized carbons (Fsp3) is 0.769. The minimum absolute atomic E-state index is 0.250. The van der Waals surface area contributed by atoms with E-state index in [0.29, 0.717) is 6.61 Å². The van der Waals surface area contributed by atoms with E-state index in [1.165, 1.54) is 6.08 Å². The molecule has 9 heteroatoms. The quantitative estimate of drug-likeness (QED) is 0.261. The van der Waals surface area contributed by atoms with E-state index in [4.69, 9.17) is 27.5 Å². The molecule has 0 unspecified atom stereocenters. The maximum absolute atomic E-state index is 10.5. The summed E-state index contributed by atoms with van der Waals surface area (Å²) in [7, 11) is 2.69.